The minimum absolute atomic E-state index is 0.189. The van der Waals surface area contributed by atoms with Gasteiger partial charge in [0.2, 0.25) is 0 Å². The summed E-state index contributed by atoms with van der Waals surface area (Å²) in [4.78, 5) is 1.33. The van der Waals surface area contributed by atoms with Crippen LogP contribution in [0.15, 0.2) is 0 Å². The summed E-state index contributed by atoms with van der Waals surface area (Å²) in [5.74, 6) is 0. The average Bonchev–Trinajstić information content (AvgIpc) is 2.16. The second-order valence-corrected chi connectivity index (χ2v) is 4.49. The molecule has 1 fully saturated rings. The highest BCUT2D eigenvalue weighted by molar-refractivity contribution is 4.99. The fraction of sp³-hybridized carbons (Fsp3) is 1.00. The van der Waals surface area contributed by atoms with Crippen LogP contribution in [0.4, 0.5) is 13.2 Å². The molecule has 0 aliphatic heterocycles. The van der Waals surface area contributed by atoms with Crippen molar-refractivity contribution in [1.29, 1.82) is 0 Å². The molecule has 0 bridgehead atoms. The average molecular weight is 224 g/mol. The summed E-state index contributed by atoms with van der Waals surface area (Å²) in [5.41, 5.74) is -1.61. The van der Waals surface area contributed by atoms with Crippen molar-refractivity contribution in [3.05, 3.63) is 0 Å². The van der Waals surface area contributed by atoms with Gasteiger partial charge in [0.05, 0.1) is 0 Å². The second-order valence-electron chi connectivity index (χ2n) is 4.49. The third-order valence-corrected chi connectivity index (χ3v) is 3.60. The first kappa shape index (κ1) is 12.8. The van der Waals surface area contributed by atoms with Crippen molar-refractivity contribution >= 4 is 0 Å². The third-order valence-electron chi connectivity index (χ3n) is 3.60. The first-order chi connectivity index (χ1) is 6.83. The Balaban J connectivity index is 2.79. The van der Waals surface area contributed by atoms with Crippen LogP contribution in [0.25, 0.3) is 0 Å². The lowest BCUT2D eigenvalue weighted by atomic mass is 9.78. The van der Waals surface area contributed by atoms with Gasteiger partial charge in [-0.25, -0.2) is 0 Å². The topological polar surface area (TPSA) is 15.3 Å². The van der Waals surface area contributed by atoms with Gasteiger partial charge in [0.15, 0.2) is 0 Å². The Morgan fingerprint density at radius 3 is 1.93 bits per heavy atom. The van der Waals surface area contributed by atoms with Gasteiger partial charge in [-0.05, 0) is 46.8 Å². The molecule has 0 radical (unpaired) electrons. The summed E-state index contributed by atoms with van der Waals surface area (Å²) in [6.45, 7) is 0. The number of nitrogens with zero attached hydrogens (tertiary/aromatic N) is 1. The molecule has 1 aliphatic carbocycles. The molecule has 0 aromatic heterocycles. The van der Waals surface area contributed by atoms with Crippen LogP contribution in [0.2, 0.25) is 0 Å². The number of alkyl halides is 3. The summed E-state index contributed by atoms with van der Waals surface area (Å²) in [6, 6.07) is 0.237. The smallest absolute Gasteiger partial charge is 0.317 e. The Hall–Kier alpha value is -0.290. The van der Waals surface area contributed by atoms with Crippen molar-refractivity contribution in [2.24, 2.45) is 0 Å². The Morgan fingerprint density at radius 2 is 1.67 bits per heavy atom. The van der Waals surface area contributed by atoms with Crippen LogP contribution < -0.4 is 5.32 Å². The Bertz CT molecular complexity index is 205. The molecule has 0 heterocycles. The molecule has 0 spiro atoms. The van der Waals surface area contributed by atoms with E-state index >= 15 is 0 Å². The maximum absolute atomic E-state index is 13.0. The monoisotopic (exact) mass is 224 g/mol. The summed E-state index contributed by atoms with van der Waals surface area (Å²) >= 11 is 0. The van der Waals surface area contributed by atoms with Crippen LogP contribution in [0.5, 0.6) is 0 Å². The highest BCUT2D eigenvalue weighted by atomic mass is 19.4. The quantitative estimate of drug-likeness (QED) is 0.772. The first-order valence-electron chi connectivity index (χ1n) is 5.25. The first-order valence-corrected chi connectivity index (χ1v) is 5.25. The van der Waals surface area contributed by atoms with Gasteiger partial charge in [-0.2, -0.15) is 13.2 Å². The van der Waals surface area contributed by atoms with E-state index in [9.17, 15) is 13.2 Å². The SMILES string of the molecule is CNC1CCC(N(C)C)(C(F)(F)F)CC1. The Kier molecular flexibility index (Phi) is 3.66. The third kappa shape index (κ3) is 2.28. The molecule has 90 valence electrons. The Morgan fingerprint density at radius 1 is 1.20 bits per heavy atom. The van der Waals surface area contributed by atoms with E-state index < -0.39 is 11.7 Å². The molecule has 0 amide bonds. The summed E-state index contributed by atoms with van der Waals surface area (Å²) in [6.07, 6.45) is -2.57. The maximum Gasteiger partial charge on any atom is 0.406 e. The zero-order chi connectivity index (χ0) is 11.7. The molecule has 1 N–H and O–H groups in total. The van der Waals surface area contributed by atoms with E-state index in [4.69, 9.17) is 0 Å². The fourth-order valence-electron chi connectivity index (χ4n) is 2.37. The van der Waals surface area contributed by atoms with E-state index in [1.54, 1.807) is 7.05 Å². The molecule has 0 saturated heterocycles. The van der Waals surface area contributed by atoms with Crippen molar-refractivity contribution < 1.29 is 13.2 Å². The molecule has 0 atom stereocenters. The molecule has 1 saturated carbocycles. The van der Waals surface area contributed by atoms with Crippen molar-refractivity contribution in [2.75, 3.05) is 21.1 Å². The lowest BCUT2D eigenvalue weighted by Gasteiger charge is -2.45. The fourth-order valence-corrected chi connectivity index (χ4v) is 2.37. The van der Waals surface area contributed by atoms with Gasteiger partial charge < -0.3 is 5.32 Å². The highest BCUT2D eigenvalue weighted by Crippen LogP contribution is 2.44. The van der Waals surface area contributed by atoms with Crippen LogP contribution >= 0.6 is 0 Å². The summed E-state index contributed by atoms with van der Waals surface area (Å²) < 4.78 is 39.0. The van der Waals surface area contributed by atoms with E-state index in [2.05, 4.69) is 5.32 Å². The molecule has 0 aromatic rings. The number of nitrogens with one attached hydrogen (secondary N) is 1. The number of halogens is 3. The molecule has 1 aliphatic rings. The van der Waals surface area contributed by atoms with Crippen molar-refractivity contribution in [3.63, 3.8) is 0 Å². The molecule has 2 nitrogen and oxygen atoms in total. The Labute approximate surface area is 88.8 Å². The number of hydrogen-bond donors (Lipinski definition) is 1. The van der Waals surface area contributed by atoms with Crippen molar-refractivity contribution in [3.8, 4) is 0 Å². The van der Waals surface area contributed by atoms with Crippen LogP contribution in [0.1, 0.15) is 25.7 Å². The molecule has 1 rings (SSSR count). The summed E-state index contributed by atoms with van der Waals surface area (Å²) in [7, 11) is 4.85. The van der Waals surface area contributed by atoms with Gasteiger partial charge in [0.25, 0.3) is 0 Å². The van der Waals surface area contributed by atoms with Gasteiger partial charge in [-0.15, -0.1) is 0 Å². The van der Waals surface area contributed by atoms with Gasteiger partial charge in [-0.1, -0.05) is 0 Å². The normalized spacial score (nSPS) is 33.4. The van der Waals surface area contributed by atoms with Crippen LogP contribution in [-0.4, -0.2) is 43.8 Å². The molecular weight excluding hydrogens is 205 g/mol. The summed E-state index contributed by atoms with van der Waals surface area (Å²) in [5, 5.41) is 3.05. The molecule has 0 unspecified atom stereocenters. The van der Waals surface area contributed by atoms with Gasteiger partial charge in [0, 0.05) is 6.04 Å². The lowest BCUT2D eigenvalue weighted by Crippen LogP contribution is -2.59. The van der Waals surface area contributed by atoms with E-state index in [1.165, 1.54) is 19.0 Å². The maximum atomic E-state index is 13.0. The second kappa shape index (κ2) is 4.29. The van der Waals surface area contributed by atoms with E-state index in [0.717, 1.165) is 0 Å². The van der Waals surface area contributed by atoms with Gasteiger partial charge in [-0.3, -0.25) is 4.90 Å². The minimum atomic E-state index is -4.13. The predicted molar refractivity (Wildman–Crippen MR) is 53.8 cm³/mol. The molecule has 15 heavy (non-hydrogen) atoms. The standard InChI is InChI=1S/C10H19F3N2/c1-14-8-4-6-9(7-5-8,15(2)3)10(11,12)13/h8,14H,4-7H2,1-3H3. The van der Waals surface area contributed by atoms with E-state index in [-0.39, 0.29) is 18.9 Å². The molecule has 0 aromatic carbocycles. The van der Waals surface area contributed by atoms with Crippen molar-refractivity contribution in [2.45, 2.75) is 43.4 Å². The zero-order valence-corrected chi connectivity index (χ0v) is 9.49. The van der Waals surface area contributed by atoms with Crippen LogP contribution in [0.3, 0.4) is 0 Å². The number of rotatable bonds is 2. The highest BCUT2D eigenvalue weighted by Gasteiger charge is 2.57. The molecule has 5 heteroatoms. The van der Waals surface area contributed by atoms with Gasteiger partial charge >= 0.3 is 6.18 Å². The van der Waals surface area contributed by atoms with Crippen LogP contribution in [-0.2, 0) is 0 Å². The van der Waals surface area contributed by atoms with Crippen LogP contribution in [0, 0.1) is 0 Å². The predicted octanol–water partition coefficient (Wildman–Crippen LogP) is 2.01. The number of hydrogen-bond acceptors (Lipinski definition) is 2. The van der Waals surface area contributed by atoms with E-state index in [1.807, 2.05) is 0 Å². The minimum Gasteiger partial charge on any atom is -0.317 e. The van der Waals surface area contributed by atoms with Crippen molar-refractivity contribution in [1.82, 2.24) is 10.2 Å². The lowest BCUT2D eigenvalue weighted by molar-refractivity contribution is -0.235. The van der Waals surface area contributed by atoms with Gasteiger partial charge in [0.1, 0.15) is 5.54 Å². The molecular formula is C10H19F3N2. The largest absolute Gasteiger partial charge is 0.406 e. The zero-order valence-electron chi connectivity index (χ0n) is 9.49. The van der Waals surface area contributed by atoms with E-state index in [0.29, 0.717) is 12.8 Å².